The second-order valence-electron chi connectivity index (χ2n) is 3.66. The number of aromatic nitrogens is 2. The molecule has 0 bridgehead atoms. The first kappa shape index (κ1) is 12.8. The van der Waals surface area contributed by atoms with Gasteiger partial charge in [0.05, 0.1) is 5.92 Å². The number of ether oxygens (including phenoxy) is 1. The lowest BCUT2D eigenvalue weighted by Crippen LogP contribution is -2.08. The molecule has 5 heteroatoms. The van der Waals surface area contributed by atoms with Gasteiger partial charge in [0.1, 0.15) is 11.9 Å². The largest absolute Gasteiger partial charge is 0.371 e. The first-order chi connectivity index (χ1) is 7.60. The lowest BCUT2D eigenvalue weighted by atomic mass is 10.0. The summed E-state index contributed by atoms with van der Waals surface area (Å²) in [5.74, 6) is 0.630. The molecule has 0 saturated heterocycles. The Morgan fingerprint density at radius 2 is 2.19 bits per heavy atom. The first-order valence-electron chi connectivity index (χ1n) is 5.55. The van der Waals surface area contributed by atoms with E-state index in [0.717, 1.165) is 0 Å². The molecule has 1 heterocycles. The van der Waals surface area contributed by atoms with E-state index in [-0.39, 0.29) is 17.8 Å². The molecule has 0 fully saturated rings. The van der Waals surface area contributed by atoms with Gasteiger partial charge in [0.15, 0.2) is 5.82 Å². The highest BCUT2D eigenvalue weighted by Crippen LogP contribution is 2.21. The maximum Gasteiger partial charge on any atom is 0.237 e. The average molecular weight is 226 g/mol. The van der Waals surface area contributed by atoms with Crippen LogP contribution in [0.25, 0.3) is 0 Å². The van der Waals surface area contributed by atoms with Gasteiger partial charge in [0, 0.05) is 6.61 Å². The standard InChI is InChI=1S/C11H18N2O3/c1-5-9(7(3)14)11-12-10(13-16-11)8(4)15-6-2/h8-9H,5-6H2,1-4H3. The van der Waals surface area contributed by atoms with Crippen LogP contribution in [0.3, 0.4) is 0 Å². The molecule has 0 aromatic carbocycles. The summed E-state index contributed by atoms with van der Waals surface area (Å²) in [7, 11) is 0. The van der Waals surface area contributed by atoms with Gasteiger partial charge in [-0.2, -0.15) is 4.98 Å². The van der Waals surface area contributed by atoms with Crippen LogP contribution in [0.1, 0.15) is 57.9 Å². The molecule has 0 N–H and O–H groups in total. The van der Waals surface area contributed by atoms with Crippen molar-refractivity contribution in [1.82, 2.24) is 10.1 Å². The molecule has 0 aliphatic heterocycles. The number of ketones is 1. The molecule has 0 spiro atoms. The Labute approximate surface area is 95.2 Å². The van der Waals surface area contributed by atoms with Crippen LogP contribution in [-0.4, -0.2) is 22.5 Å². The monoisotopic (exact) mass is 226 g/mol. The number of carbonyl (C=O) groups is 1. The average Bonchev–Trinajstić information content (AvgIpc) is 2.68. The third kappa shape index (κ3) is 2.88. The number of nitrogens with zero attached hydrogens (tertiary/aromatic N) is 2. The molecule has 0 saturated carbocycles. The van der Waals surface area contributed by atoms with Crippen LogP contribution in [0.4, 0.5) is 0 Å². The quantitative estimate of drug-likeness (QED) is 0.744. The molecule has 0 amide bonds. The summed E-state index contributed by atoms with van der Waals surface area (Å²) in [5, 5.41) is 3.82. The smallest absolute Gasteiger partial charge is 0.237 e. The number of hydrogen-bond acceptors (Lipinski definition) is 5. The Morgan fingerprint density at radius 1 is 1.50 bits per heavy atom. The van der Waals surface area contributed by atoms with Crippen LogP contribution in [0, 0.1) is 0 Å². The van der Waals surface area contributed by atoms with Gasteiger partial charge >= 0.3 is 0 Å². The Kier molecular flexibility index (Phi) is 4.61. The summed E-state index contributed by atoms with van der Waals surface area (Å²) in [6.07, 6.45) is 0.465. The van der Waals surface area contributed by atoms with Crippen LogP contribution >= 0.6 is 0 Å². The molecular formula is C11H18N2O3. The van der Waals surface area contributed by atoms with Gasteiger partial charge in [-0.25, -0.2) is 0 Å². The molecule has 2 atom stereocenters. The summed E-state index contributed by atoms with van der Waals surface area (Å²) in [6, 6.07) is 0. The van der Waals surface area contributed by atoms with E-state index in [1.54, 1.807) is 0 Å². The van der Waals surface area contributed by atoms with Crippen LogP contribution in [-0.2, 0) is 9.53 Å². The second-order valence-corrected chi connectivity index (χ2v) is 3.66. The van der Waals surface area contributed by atoms with Crippen molar-refractivity contribution in [2.24, 2.45) is 0 Å². The molecule has 0 radical (unpaired) electrons. The van der Waals surface area contributed by atoms with E-state index in [1.165, 1.54) is 6.92 Å². The minimum absolute atomic E-state index is 0.0433. The van der Waals surface area contributed by atoms with E-state index in [2.05, 4.69) is 10.1 Å². The maximum absolute atomic E-state index is 11.3. The van der Waals surface area contributed by atoms with Crippen molar-refractivity contribution >= 4 is 5.78 Å². The van der Waals surface area contributed by atoms with E-state index in [4.69, 9.17) is 9.26 Å². The molecule has 16 heavy (non-hydrogen) atoms. The molecule has 0 aliphatic rings. The fourth-order valence-electron chi connectivity index (χ4n) is 1.51. The van der Waals surface area contributed by atoms with Gasteiger partial charge < -0.3 is 9.26 Å². The van der Waals surface area contributed by atoms with Crippen molar-refractivity contribution in [2.45, 2.75) is 46.1 Å². The number of Topliss-reactive ketones (excluding diaryl/α,β-unsaturated/α-hetero) is 1. The normalized spacial score (nSPS) is 14.8. The van der Waals surface area contributed by atoms with E-state index in [9.17, 15) is 4.79 Å². The van der Waals surface area contributed by atoms with Crippen molar-refractivity contribution in [2.75, 3.05) is 6.61 Å². The maximum atomic E-state index is 11.3. The lowest BCUT2D eigenvalue weighted by molar-refractivity contribution is -0.119. The van der Waals surface area contributed by atoms with Gasteiger partial charge in [-0.05, 0) is 27.2 Å². The van der Waals surface area contributed by atoms with Gasteiger partial charge in [0.2, 0.25) is 5.89 Å². The minimum Gasteiger partial charge on any atom is -0.371 e. The predicted molar refractivity (Wildman–Crippen MR) is 58.1 cm³/mol. The fourth-order valence-corrected chi connectivity index (χ4v) is 1.51. The van der Waals surface area contributed by atoms with Gasteiger partial charge in [-0.3, -0.25) is 4.79 Å². The molecular weight excluding hydrogens is 208 g/mol. The zero-order valence-corrected chi connectivity index (χ0v) is 10.2. The van der Waals surface area contributed by atoms with Crippen LogP contribution < -0.4 is 0 Å². The highest BCUT2D eigenvalue weighted by molar-refractivity contribution is 5.82. The number of rotatable bonds is 6. The minimum atomic E-state index is -0.296. The first-order valence-corrected chi connectivity index (χ1v) is 5.55. The van der Waals surface area contributed by atoms with Crippen molar-refractivity contribution in [1.29, 1.82) is 0 Å². The molecule has 1 aromatic heterocycles. The summed E-state index contributed by atoms with van der Waals surface area (Å²) in [5.41, 5.74) is 0. The molecule has 2 unspecified atom stereocenters. The van der Waals surface area contributed by atoms with Gasteiger partial charge in [-0.1, -0.05) is 12.1 Å². The SMILES string of the molecule is CCOC(C)c1noc(C(CC)C(C)=O)n1. The van der Waals surface area contributed by atoms with Crippen LogP contribution in [0.15, 0.2) is 4.52 Å². The number of hydrogen-bond donors (Lipinski definition) is 0. The predicted octanol–water partition coefficient (Wildman–Crippen LogP) is 2.25. The fraction of sp³-hybridized carbons (Fsp3) is 0.727. The van der Waals surface area contributed by atoms with E-state index >= 15 is 0 Å². The second kappa shape index (κ2) is 5.75. The van der Waals surface area contributed by atoms with Gasteiger partial charge in [0.25, 0.3) is 0 Å². The summed E-state index contributed by atoms with van der Waals surface area (Å²) >= 11 is 0. The number of carbonyl (C=O) groups excluding carboxylic acids is 1. The van der Waals surface area contributed by atoms with E-state index in [0.29, 0.717) is 24.7 Å². The Morgan fingerprint density at radius 3 is 2.69 bits per heavy atom. The topological polar surface area (TPSA) is 65.2 Å². The van der Waals surface area contributed by atoms with E-state index in [1.807, 2.05) is 20.8 Å². The zero-order chi connectivity index (χ0) is 12.1. The third-order valence-electron chi connectivity index (χ3n) is 2.43. The third-order valence-corrected chi connectivity index (χ3v) is 2.43. The molecule has 1 aromatic rings. The van der Waals surface area contributed by atoms with Crippen molar-refractivity contribution < 1.29 is 14.1 Å². The van der Waals surface area contributed by atoms with Crippen molar-refractivity contribution in [3.63, 3.8) is 0 Å². The lowest BCUT2D eigenvalue weighted by Gasteiger charge is -2.06. The van der Waals surface area contributed by atoms with Crippen molar-refractivity contribution in [3.05, 3.63) is 11.7 Å². The zero-order valence-electron chi connectivity index (χ0n) is 10.2. The summed E-state index contributed by atoms with van der Waals surface area (Å²) < 4.78 is 10.4. The van der Waals surface area contributed by atoms with Crippen LogP contribution in [0.5, 0.6) is 0 Å². The molecule has 90 valence electrons. The van der Waals surface area contributed by atoms with Crippen LogP contribution in [0.2, 0.25) is 0 Å². The Bertz CT molecular complexity index is 349. The molecule has 1 rings (SSSR count). The Hall–Kier alpha value is -1.23. The highest BCUT2D eigenvalue weighted by atomic mass is 16.5. The molecule has 0 aliphatic carbocycles. The Balaban J connectivity index is 2.81. The van der Waals surface area contributed by atoms with Crippen molar-refractivity contribution in [3.8, 4) is 0 Å². The highest BCUT2D eigenvalue weighted by Gasteiger charge is 2.23. The van der Waals surface area contributed by atoms with Gasteiger partial charge in [-0.15, -0.1) is 0 Å². The van der Waals surface area contributed by atoms with E-state index < -0.39 is 0 Å². The molecule has 5 nitrogen and oxygen atoms in total. The summed E-state index contributed by atoms with van der Waals surface area (Å²) in [6.45, 7) is 7.80. The summed E-state index contributed by atoms with van der Waals surface area (Å²) in [4.78, 5) is 15.5.